The lowest BCUT2D eigenvalue weighted by Gasteiger charge is -2.09. The minimum absolute atomic E-state index is 0.0494. The molecule has 2 N–H and O–H groups in total. The molecule has 2 rings (SSSR count). The Hall–Kier alpha value is -1.53. The first kappa shape index (κ1) is 15.9. The Bertz CT molecular complexity index is 688. The number of ether oxygens (including phenoxy) is 1. The van der Waals surface area contributed by atoms with Gasteiger partial charge in [0, 0.05) is 10.0 Å². The normalized spacial score (nSPS) is 10.9. The minimum Gasteiger partial charge on any atom is -0.503 e. The number of anilines is 1. The summed E-state index contributed by atoms with van der Waals surface area (Å²) in [6.07, 6.45) is 1.66. The number of phenols is 1. The average Bonchev–Trinajstić information content (AvgIpc) is 2.49. The molecule has 0 aliphatic carbocycles. The van der Waals surface area contributed by atoms with Crippen LogP contribution in [-0.4, -0.2) is 18.4 Å². The van der Waals surface area contributed by atoms with Crippen molar-refractivity contribution in [2.45, 2.75) is 6.92 Å². The summed E-state index contributed by atoms with van der Waals surface area (Å²) in [6.45, 7) is 2.01. The van der Waals surface area contributed by atoms with Gasteiger partial charge < -0.3 is 9.84 Å². The third-order valence-electron chi connectivity index (χ3n) is 2.93. The number of hydrogen-bond acceptors (Lipinski definition) is 4. The number of methoxy groups -OCH3 is 1. The predicted octanol–water partition coefficient (Wildman–Crippen LogP) is 4.68. The molecular weight excluding hydrogens is 400 g/mol. The number of phenolic OH excluding ortho intramolecular Hbond substituents is 1. The van der Waals surface area contributed by atoms with E-state index in [0.29, 0.717) is 14.7 Å². The second kappa shape index (κ2) is 6.95. The number of nitrogens with zero attached hydrogens (tertiary/aromatic N) is 1. The number of aryl methyl sites for hydroxylation is 1. The number of nitrogens with one attached hydrogen (secondary N) is 1. The number of halogens is 2. The van der Waals surface area contributed by atoms with Crippen molar-refractivity contribution in [3.8, 4) is 11.5 Å². The Balaban J connectivity index is 2.25. The van der Waals surface area contributed by atoms with Gasteiger partial charge in [0.1, 0.15) is 0 Å². The van der Waals surface area contributed by atoms with E-state index in [1.807, 2.05) is 31.2 Å². The van der Waals surface area contributed by atoms with Crippen LogP contribution in [0.25, 0.3) is 0 Å². The van der Waals surface area contributed by atoms with Crippen LogP contribution in [0.4, 0.5) is 5.69 Å². The van der Waals surface area contributed by atoms with E-state index in [0.717, 1.165) is 16.8 Å². The van der Waals surface area contributed by atoms with Gasteiger partial charge in [0.05, 0.1) is 23.5 Å². The van der Waals surface area contributed by atoms with Gasteiger partial charge in [0.2, 0.25) is 0 Å². The fourth-order valence-electron chi connectivity index (χ4n) is 1.73. The van der Waals surface area contributed by atoms with Crippen molar-refractivity contribution >= 4 is 43.8 Å². The predicted molar refractivity (Wildman–Crippen MR) is 92.5 cm³/mol. The lowest BCUT2D eigenvalue weighted by atomic mass is 10.2. The number of rotatable bonds is 4. The topological polar surface area (TPSA) is 53.8 Å². The summed E-state index contributed by atoms with van der Waals surface area (Å²) < 4.78 is 6.35. The van der Waals surface area contributed by atoms with E-state index in [-0.39, 0.29) is 5.75 Å². The van der Waals surface area contributed by atoms with Crippen LogP contribution in [0.1, 0.15) is 11.1 Å². The van der Waals surface area contributed by atoms with Crippen molar-refractivity contribution in [2.24, 2.45) is 5.10 Å². The van der Waals surface area contributed by atoms with Gasteiger partial charge in [-0.15, -0.1) is 0 Å². The molecule has 21 heavy (non-hydrogen) atoms. The Labute approximate surface area is 140 Å². The molecule has 110 valence electrons. The SMILES string of the molecule is COc1cc(/C=N\Nc2ccccc2C)c(Br)c(Br)c1O. The van der Waals surface area contributed by atoms with Crippen molar-refractivity contribution in [1.29, 1.82) is 0 Å². The zero-order valence-electron chi connectivity index (χ0n) is 11.5. The highest BCUT2D eigenvalue weighted by molar-refractivity contribution is 9.13. The van der Waals surface area contributed by atoms with Crippen LogP contribution in [-0.2, 0) is 0 Å². The van der Waals surface area contributed by atoms with E-state index in [9.17, 15) is 5.11 Å². The molecule has 0 aliphatic heterocycles. The van der Waals surface area contributed by atoms with E-state index in [4.69, 9.17) is 4.74 Å². The van der Waals surface area contributed by atoms with Gasteiger partial charge in [-0.3, -0.25) is 5.43 Å². The molecular formula is C15H14Br2N2O2. The summed E-state index contributed by atoms with van der Waals surface area (Å²) in [7, 11) is 1.50. The summed E-state index contributed by atoms with van der Waals surface area (Å²) >= 11 is 6.72. The molecule has 0 saturated heterocycles. The van der Waals surface area contributed by atoms with Gasteiger partial charge in [-0.2, -0.15) is 5.10 Å². The lowest BCUT2D eigenvalue weighted by Crippen LogP contribution is -1.95. The molecule has 6 heteroatoms. The monoisotopic (exact) mass is 412 g/mol. The van der Waals surface area contributed by atoms with Crippen LogP contribution in [0.15, 0.2) is 44.4 Å². The lowest BCUT2D eigenvalue weighted by molar-refractivity contribution is 0.371. The van der Waals surface area contributed by atoms with Gasteiger partial charge in [-0.25, -0.2) is 0 Å². The zero-order chi connectivity index (χ0) is 15.4. The van der Waals surface area contributed by atoms with Crippen LogP contribution in [0, 0.1) is 6.92 Å². The van der Waals surface area contributed by atoms with Crippen LogP contribution in [0.3, 0.4) is 0 Å². The van der Waals surface area contributed by atoms with E-state index in [2.05, 4.69) is 42.4 Å². The zero-order valence-corrected chi connectivity index (χ0v) is 14.7. The largest absolute Gasteiger partial charge is 0.503 e. The van der Waals surface area contributed by atoms with Crippen molar-refractivity contribution in [3.63, 3.8) is 0 Å². The standard InChI is InChI=1S/C15H14Br2N2O2/c1-9-5-3-4-6-11(9)19-18-8-10-7-12(21-2)15(20)14(17)13(10)16/h3-8,19-20H,1-2H3/b18-8-. The van der Waals surface area contributed by atoms with Crippen LogP contribution < -0.4 is 10.2 Å². The molecule has 0 bridgehead atoms. The van der Waals surface area contributed by atoms with Crippen LogP contribution in [0.5, 0.6) is 11.5 Å². The molecule has 0 aromatic heterocycles. The second-order valence-corrected chi connectivity index (χ2v) is 5.92. The molecule has 4 nitrogen and oxygen atoms in total. The van der Waals surface area contributed by atoms with Gasteiger partial charge in [-0.05, 0) is 56.5 Å². The summed E-state index contributed by atoms with van der Waals surface area (Å²) in [4.78, 5) is 0. The van der Waals surface area contributed by atoms with Gasteiger partial charge >= 0.3 is 0 Å². The third kappa shape index (κ3) is 3.57. The molecule has 0 saturated carbocycles. The first-order valence-electron chi connectivity index (χ1n) is 6.14. The maximum atomic E-state index is 9.88. The van der Waals surface area contributed by atoms with E-state index < -0.39 is 0 Å². The number of aromatic hydroxyl groups is 1. The van der Waals surface area contributed by atoms with Gasteiger partial charge in [0.25, 0.3) is 0 Å². The molecule has 2 aromatic carbocycles. The molecule has 0 heterocycles. The highest BCUT2D eigenvalue weighted by Gasteiger charge is 2.13. The fraction of sp³-hybridized carbons (Fsp3) is 0.133. The number of hydrogen-bond donors (Lipinski definition) is 2. The van der Waals surface area contributed by atoms with Gasteiger partial charge in [0.15, 0.2) is 11.5 Å². The summed E-state index contributed by atoms with van der Waals surface area (Å²) in [6, 6.07) is 9.58. The van der Waals surface area contributed by atoms with E-state index >= 15 is 0 Å². The molecule has 0 unspecified atom stereocenters. The third-order valence-corrected chi connectivity index (χ3v) is 5.09. The molecule has 0 amide bonds. The average molecular weight is 414 g/mol. The first-order valence-corrected chi connectivity index (χ1v) is 7.73. The highest BCUT2D eigenvalue weighted by Crippen LogP contribution is 2.41. The maximum absolute atomic E-state index is 9.88. The van der Waals surface area contributed by atoms with Crippen molar-refractivity contribution in [3.05, 3.63) is 50.4 Å². The highest BCUT2D eigenvalue weighted by atomic mass is 79.9. The van der Waals surface area contributed by atoms with E-state index in [1.165, 1.54) is 7.11 Å². The molecule has 0 radical (unpaired) electrons. The Morgan fingerprint density at radius 1 is 1.24 bits per heavy atom. The molecule has 0 spiro atoms. The molecule has 2 aromatic rings. The van der Waals surface area contributed by atoms with Gasteiger partial charge in [-0.1, -0.05) is 18.2 Å². The summed E-state index contributed by atoms with van der Waals surface area (Å²) in [5.41, 5.74) is 5.81. The van der Waals surface area contributed by atoms with Crippen molar-refractivity contribution in [1.82, 2.24) is 0 Å². The quantitative estimate of drug-likeness (QED) is 0.565. The molecule has 0 fully saturated rings. The molecule has 0 aliphatic rings. The van der Waals surface area contributed by atoms with Crippen LogP contribution >= 0.6 is 31.9 Å². The minimum atomic E-state index is 0.0494. The van der Waals surface area contributed by atoms with Crippen LogP contribution in [0.2, 0.25) is 0 Å². The number of hydrazone groups is 1. The first-order chi connectivity index (χ1) is 10.0. The summed E-state index contributed by atoms with van der Waals surface area (Å²) in [5.74, 6) is 0.427. The van der Waals surface area contributed by atoms with E-state index in [1.54, 1.807) is 12.3 Å². The van der Waals surface area contributed by atoms with Crippen molar-refractivity contribution < 1.29 is 9.84 Å². The second-order valence-electron chi connectivity index (χ2n) is 4.33. The Morgan fingerprint density at radius 3 is 2.62 bits per heavy atom. The number of para-hydroxylation sites is 1. The smallest absolute Gasteiger partial charge is 0.173 e. The summed E-state index contributed by atoms with van der Waals surface area (Å²) in [5, 5.41) is 14.1. The number of benzene rings is 2. The Kier molecular flexibility index (Phi) is 5.25. The fourth-order valence-corrected chi connectivity index (χ4v) is 2.56. The van der Waals surface area contributed by atoms with Crippen molar-refractivity contribution in [2.75, 3.05) is 12.5 Å². The Morgan fingerprint density at radius 2 is 1.95 bits per heavy atom. The molecule has 0 atom stereocenters. The maximum Gasteiger partial charge on any atom is 0.173 e.